The van der Waals surface area contributed by atoms with E-state index in [9.17, 15) is 4.79 Å². The summed E-state index contributed by atoms with van der Waals surface area (Å²) in [4.78, 5) is 20.7. The van der Waals surface area contributed by atoms with Gasteiger partial charge in [-0.1, -0.05) is 42.5 Å². The molecule has 0 aliphatic carbocycles. The van der Waals surface area contributed by atoms with Crippen molar-refractivity contribution in [2.24, 2.45) is 4.99 Å². The standard InChI is InChI=1S/C22H25N3O2/c1-16(14-21(26)27)24-10-12-25(13-11-24)22-19-8-4-2-6-17(19)15-18-7-3-5-9-20(18)23-22/h2-9,16H,10-15H2,1H3,(H,26,27). The van der Waals surface area contributed by atoms with Gasteiger partial charge in [0, 0.05) is 44.2 Å². The molecule has 5 heteroatoms. The number of nitrogens with zero attached hydrogens (tertiary/aromatic N) is 3. The number of hydrogen-bond acceptors (Lipinski definition) is 4. The molecule has 1 fully saturated rings. The van der Waals surface area contributed by atoms with Crippen LogP contribution in [-0.4, -0.2) is 58.9 Å². The maximum absolute atomic E-state index is 11.0. The van der Waals surface area contributed by atoms with Crippen LogP contribution in [-0.2, 0) is 11.2 Å². The van der Waals surface area contributed by atoms with Crippen LogP contribution >= 0.6 is 0 Å². The van der Waals surface area contributed by atoms with Crippen LogP contribution < -0.4 is 0 Å². The fraction of sp³-hybridized carbons (Fsp3) is 0.364. The summed E-state index contributed by atoms with van der Waals surface area (Å²) in [5.74, 6) is 0.310. The van der Waals surface area contributed by atoms with Crippen LogP contribution in [0.4, 0.5) is 5.69 Å². The quantitative estimate of drug-likeness (QED) is 0.910. The third-order valence-electron chi connectivity index (χ3n) is 5.56. The first-order valence-corrected chi connectivity index (χ1v) is 9.57. The van der Waals surface area contributed by atoms with E-state index >= 15 is 0 Å². The maximum atomic E-state index is 11.0. The first-order valence-electron chi connectivity index (χ1n) is 9.57. The van der Waals surface area contributed by atoms with Crippen molar-refractivity contribution in [1.82, 2.24) is 9.80 Å². The van der Waals surface area contributed by atoms with E-state index in [0.29, 0.717) is 0 Å². The van der Waals surface area contributed by atoms with Gasteiger partial charge >= 0.3 is 5.97 Å². The zero-order valence-electron chi connectivity index (χ0n) is 15.6. The molecule has 0 spiro atoms. The van der Waals surface area contributed by atoms with Crippen molar-refractivity contribution in [2.45, 2.75) is 25.8 Å². The first kappa shape index (κ1) is 17.7. The van der Waals surface area contributed by atoms with Crippen LogP contribution in [0.15, 0.2) is 53.5 Å². The fourth-order valence-corrected chi connectivity index (χ4v) is 4.04. The zero-order chi connectivity index (χ0) is 18.8. The highest BCUT2D eigenvalue weighted by Gasteiger charge is 2.27. The Hall–Kier alpha value is -2.66. The summed E-state index contributed by atoms with van der Waals surface area (Å²) < 4.78 is 0. The molecule has 0 radical (unpaired) electrons. The van der Waals surface area contributed by atoms with E-state index in [-0.39, 0.29) is 12.5 Å². The van der Waals surface area contributed by atoms with E-state index in [0.717, 1.165) is 44.1 Å². The summed E-state index contributed by atoms with van der Waals surface area (Å²) >= 11 is 0. The lowest BCUT2D eigenvalue weighted by Gasteiger charge is -2.39. The SMILES string of the molecule is CC(CC(=O)O)N1CCN(C2=Nc3ccccc3Cc3ccccc32)CC1. The van der Waals surface area contributed by atoms with Crippen molar-refractivity contribution in [3.63, 3.8) is 0 Å². The fourth-order valence-electron chi connectivity index (χ4n) is 4.04. The number of hydrogen-bond donors (Lipinski definition) is 1. The van der Waals surface area contributed by atoms with E-state index in [2.05, 4.69) is 52.3 Å². The number of fused-ring (bicyclic) bond motifs is 2. The molecule has 2 aliphatic heterocycles. The molecule has 0 bridgehead atoms. The molecule has 4 rings (SSSR count). The number of benzene rings is 2. The Morgan fingerprint density at radius 2 is 1.70 bits per heavy atom. The number of aliphatic carboxylic acids is 1. The highest BCUT2D eigenvalue weighted by atomic mass is 16.4. The molecule has 0 amide bonds. The van der Waals surface area contributed by atoms with Crippen molar-refractivity contribution in [3.05, 3.63) is 65.2 Å². The van der Waals surface area contributed by atoms with Gasteiger partial charge < -0.3 is 10.0 Å². The lowest BCUT2D eigenvalue weighted by molar-refractivity contribution is -0.138. The summed E-state index contributed by atoms with van der Waals surface area (Å²) in [5.41, 5.74) is 4.82. The molecular weight excluding hydrogens is 338 g/mol. The predicted molar refractivity (Wildman–Crippen MR) is 107 cm³/mol. The Bertz CT molecular complexity index is 869. The second kappa shape index (κ2) is 7.53. The molecule has 2 aliphatic rings. The van der Waals surface area contributed by atoms with Gasteiger partial charge in [0.15, 0.2) is 0 Å². The highest BCUT2D eigenvalue weighted by Crippen LogP contribution is 2.29. The molecule has 27 heavy (non-hydrogen) atoms. The van der Waals surface area contributed by atoms with Gasteiger partial charge in [0.25, 0.3) is 0 Å². The summed E-state index contributed by atoms with van der Waals surface area (Å²) in [6.45, 7) is 5.44. The minimum absolute atomic E-state index is 0.0636. The average molecular weight is 363 g/mol. The monoisotopic (exact) mass is 363 g/mol. The van der Waals surface area contributed by atoms with E-state index in [1.807, 2.05) is 13.0 Å². The van der Waals surface area contributed by atoms with E-state index in [1.165, 1.54) is 16.7 Å². The van der Waals surface area contributed by atoms with E-state index in [1.54, 1.807) is 0 Å². The van der Waals surface area contributed by atoms with Gasteiger partial charge in [0.1, 0.15) is 5.84 Å². The molecule has 1 atom stereocenters. The Labute approximate surface area is 159 Å². The predicted octanol–water partition coefficient (Wildman–Crippen LogP) is 3.15. The number of rotatable bonds is 3. The van der Waals surface area contributed by atoms with Gasteiger partial charge in [0.05, 0.1) is 12.1 Å². The smallest absolute Gasteiger partial charge is 0.304 e. The van der Waals surface area contributed by atoms with Gasteiger partial charge in [-0.2, -0.15) is 0 Å². The molecular formula is C22H25N3O2. The lowest BCUT2D eigenvalue weighted by atomic mass is 9.99. The van der Waals surface area contributed by atoms with E-state index < -0.39 is 5.97 Å². The number of piperazine rings is 1. The zero-order valence-corrected chi connectivity index (χ0v) is 15.6. The molecule has 1 N–H and O–H groups in total. The minimum atomic E-state index is -0.733. The van der Waals surface area contributed by atoms with Gasteiger partial charge in [-0.25, -0.2) is 4.99 Å². The molecule has 2 aromatic carbocycles. The maximum Gasteiger partial charge on any atom is 0.304 e. The van der Waals surface area contributed by atoms with Crippen LogP contribution in [0.1, 0.15) is 30.0 Å². The van der Waals surface area contributed by atoms with Crippen LogP contribution in [0.5, 0.6) is 0 Å². The Kier molecular flexibility index (Phi) is 4.94. The third kappa shape index (κ3) is 3.74. The van der Waals surface area contributed by atoms with Crippen molar-refractivity contribution in [3.8, 4) is 0 Å². The topological polar surface area (TPSA) is 56.1 Å². The molecule has 0 saturated carbocycles. The van der Waals surface area contributed by atoms with Crippen molar-refractivity contribution >= 4 is 17.5 Å². The Balaban J connectivity index is 1.60. The number of amidine groups is 1. The normalized spacial score (nSPS) is 18.1. The van der Waals surface area contributed by atoms with Gasteiger partial charge in [-0.3, -0.25) is 9.69 Å². The summed E-state index contributed by atoms with van der Waals surface area (Å²) in [5, 5.41) is 9.05. The second-order valence-electron chi connectivity index (χ2n) is 7.37. The number of para-hydroxylation sites is 1. The van der Waals surface area contributed by atoms with E-state index in [4.69, 9.17) is 10.1 Å². The Morgan fingerprint density at radius 3 is 2.44 bits per heavy atom. The largest absolute Gasteiger partial charge is 0.481 e. The lowest BCUT2D eigenvalue weighted by Crippen LogP contribution is -2.51. The molecule has 0 aromatic heterocycles. The summed E-state index contributed by atoms with van der Waals surface area (Å²) in [6.07, 6.45) is 1.09. The van der Waals surface area contributed by atoms with Crippen molar-refractivity contribution < 1.29 is 9.90 Å². The van der Waals surface area contributed by atoms with Crippen molar-refractivity contribution in [2.75, 3.05) is 26.2 Å². The van der Waals surface area contributed by atoms with Crippen LogP contribution in [0.3, 0.4) is 0 Å². The minimum Gasteiger partial charge on any atom is -0.481 e. The van der Waals surface area contributed by atoms with Gasteiger partial charge in [-0.05, 0) is 24.1 Å². The summed E-state index contributed by atoms with van der Waals surface area (Å²) in [7, 11) is 0. The second-order valence-corrected chi connectivity index (χ2v) is 7.37. The Morgan fingerprint density at radius 1 is 1.04 bits per heavy atom. The molecule has 1 unspecified atom stereocenters. The van der Waals surface area contributed by atoms with Crippen LogP contribution in [0.25, 0.3) is 0 Å². The number of carboxylic acids is 1. The van der Waals surface area contributed by atoms with Gasteiger partial charge in [0.2, 0.25) is 0 Å². The molecule has 2 aromatic rings. The average Bonchev–Trinajstić information content (AvgIpc) is 2.84. The molecule has 140 valence electrons. The highest BCUT2D eigenvalue weighted by molar-refractivity contribution is 6.02. The van der Waals surface area contributed by atoms with Gasteiger partial charge in [-0.15, -0.1) is 0 Å². The number of carboxylic acid groups (broad SMARTS) is 1. The number of carbonyl (C=O) groups is 1. The van der Waals surface area contributed by atoms with Crippen LogP contribution in [0.2, 0.25) is 0 Å². The molecule has 2 heterocycles. The van der Waals surface area contributed by atoms with Crippen molar-refractivity contribution in [1.29, 1.82) is 0 Å². The summed E-state index contributed by atoms with van der Waals surface area (Å²) in [6, 6.07) is 17.0. The third-order valence-corrected chi connectivity index (χ3v) is 5.56. The first-order chi connectivity index (χ1) is 13.1. The number of aliphatic imine (C=N–C) groups is 1. The molecule has 1 saturated heterocycles. The van der Waals surface area contributed by atoms with Crippen LogP contribution in [0, 0.1) is 0 Å². The molecule has 5 nitrogen and oxygen atoms in total.